The van der Waals surface area contributed by atoms with Crippen molar-refractivity contribution in [2.75, 3.05) is 16.8 Å². The van der Waals surface area contributed by atoms with Crippen molar-refractivity contribution >= 4 is 39.2 Å². The summed E-state index contributed by atoms with van der Waals surface area (Å²) in [6.07, 6.45) is 3.76. The zero-order valence-corrected chi connectivity index (χ0v) is 11.5. The van der Waals surface area contributed by atoms with Crippen LogP contribution in [0.2, 0.25) is 0 Å². The van der Waals surface area contributed by atoms with Crippen molar-refractivity contribution in [1.82, 2.24) is 4.98 Å². The van der Waals surface area contributed by atoms with E-state index >= 15 is 0 Å². The number of nitrogens with zero attached hydrogens (tertiary/aromatic N) is 2. The number of anilines is 1. The summed E-state index contributed by atoms with van der Waals surface area (Å²) in [4.78, 5) is 14.6. The lowest BCUT2D eigenvalue weighted by Gasteiger charge is -2.22. The second-order valence-corrected chi connectivity index (χ2v) is 5.90. The highest BCUT2D eigenvalue weighted by Crippen LogP contribution is 2.28. The zero-order chi connectivity index (χ0) is 12.3. The van der Waals surface area contributed by atoms with Crippen LogP contribution in [0.1, 0.15) is 12.8 Å². The first-order valence-electron chi connectivity index (χ1n) is 5.31. The molecule has 1 aromatic rings. The number of pyridine rings is 1. The van der Waals surface area contributed by atoms with E-state index in [2.05, 4.69) is 26.2 Å². The van der Waals surface area contributed by atoms with E-state index in [4.69, 9.17) is 0 Å². The van der Waals surface area contributed by atoms with Crippen LogP contribution < -0.4 is 5.32 Å². The van der Waals surface area contributed by atoms with Gasteiger partial charge in [0.1, 0.15) is 0 Å². The van der Waals surface area contributed by atoms with Crippen molar-refractivity contribution in [1.29, 1.82) is 0 Å². The Morgan fingerprint density at radius 2 is 2.47 bits per heavy atom. The summed E-state index contributed by atoms with van der Waals surface area (Å²) >= 11 is 5.06. The number of rotatable bonds is 3. The van der Waals surface area contributed by atoms with Crippen molar-refractivity contribution in [3.8, 4) is 0 Å². The van der Waals surface area contributed by atoms with Crippen molar-refractivity contribution in [3.05, 3.63) is 26.9 Å². The molecule has 0 amide bonds. The summed E-state index contributed by atoms with van der Waals surface area (Å²) in [5.74, 6) is 2.52. The molecule has 2 heterocycles. The van der Waals surface area contributed by atoms with Crippen LogP contribution in [0.25, 0.3) is 0 Å². The highest BCUT2D eigenvalue weighted by Gasteiger charge is 2.20. The summed E-state index contributed by atoms with van der Waals surface area (Å²) < 4.78 is 0.618. The van der Waals surface area contributed by atoms with Gasteiger partial charge in [-0.3, -0.25) is 10.1 Å². The number of aromatic nitrogens is 1. The van der Waals surface area contributed by atoms with E-state index in [9.17, 15) is 10.1 Å². The Kier molecular flexibility index (Phi) is 4.22. The fourth-order valence-electron chi connectivity index (χ4n) is 1.73. The Morgan fingerprint density at radius 1 is 1.65 bits per heavy atom. The molecule has 1 atom stereocenters. The van der Waals surface area contributed by atoms with E-state index in [1.807, 2.05) is 11.8 Å². The lowest BCUT2D eigenvalue weighted by atomic mass is 10.2. The number of nitrogens with one attached hydrogen (secondary N) is 1. The number of nitro groups is 1. The van der Waals surface area contributed by atoms with Crippen LogP contribution in [0.5, 0.6) is 0 Å². The van der Waals surface area contributed by atoms with E-state index in [0.717, 1.165) is 18.6 Å². The third-order valence-corrected chi connectivity index (χ3v) is 4.18. The van der Waals surface area contributed by atoms with Gasteiger partial charge in [-0.05, 0) is 34.5 Å². The molecule has 1 unspecified atom stereocenters. The smallest absolute Gasteiger partial charge is 0.312 e. The van der Waals surface area contributed by atoms with Crippen molar-refractivity contribution < 1.29 is 4.92 Å². The minimum atomic E-state index is -0.407. The molecule has 2 rings (SSSR count). The molecular formula is C10H12BrN3O2S. The largest absolute Gasteiger partial charge is 0.361 e. The summed E-state index contributed by atoms with van der Waals surface area (Å²) in [6, 6.07) is 1.76. The Morgan fingerprint density at radius 3 is 3.12 bits per heavy atom. The fourth-order valence-corrected chi connectivity index (χ4v) is 3.12. The molecule has 7 heteroatoms. The van der Waals surface area contributed by atoms with Crippen molar-refractivity contribution in [2.24, 2.45) is 0 Å². The molecule has 1 aromatic heterocycles. The number of thioether (sulfide) groups is 1. The third-order valence-electron chi connectivity index (χ3n) is 2.53. The zero-order valence-electron chi connectivity index (χ0n) is 9.06. The summed E-state index contributed by atoms with van der Waals surface area (Å²) in [7, 11) is 0. The first-order valence-corrected chi connectivity index (χ1v) is 7.26. The minimum Gasteiger partial charge on any atom is -0.361 e. The summed E-state index contributed by atoms with van der Waals surface area (Å²) in [5, 5.41) is 14.1. The molecule has 1 aliphatic heterocycles. The average Bonchev–Trinajstić information content (AvgIpc) is 2.32. The Balaban J connectivity index is 2.16. The molecule has 92 valence electrons. The average molecular weight is 318 g/mol. The molecule has 0 saturated carbocycles. The fraction of sp³-hybridized carbons (Fsp3) is 0.500. The van der Waals surface area contributed by atoms with Gasteiger partial charge in [0.2, 0.25) is 5.82 Å². The Bertz CT molecular complexity index is 424. The van der Waals surface area contributed by atoms with Crippen LogP contribution in [-0.4, -0.2) is 27.5 Å². The monoisotopic (exact) mass is 317 g/mol. The summed E-state index contributed by atoms with van der Waals surface area (Å²) in [6.45, 7) is 0. The first-order chi connectivity index (χ1) is 8.16. The van der Waals surface area contributed by atoms with Crippen LogP contribution in [0.4, 0.5) is 11.5 Å². The molecule has 0 radical (unpaired) electrons. The Labute approximate surface area is 112 Å². The van der Waals surface area contributed by atoms with Gasteiger partial charge in [-0.2, -0.15) is 11.8 Å². The maximum atomic E-state index is 10.9. The molecule has 0 aromatic carbocycles. The normalized spacial score (nSPS) is 19.9. The molecular weight excluding hydrogens is 306 g/mol. The molecule has 0 spiro atoms. The van der Waals surface area contributed by atoms with Crippen LogP contribution in [0, 0.1) is 10.1 Å². The maximum Gasteiger partial charge on any atom is 0.312 e. The second-order valence-electron chi connectivity index (χ2n) is 3.84. The summed E-state index contributed by atoms with van der Waals surface area (Å²) in [5.41, 5.74) is 0.0231. The minimum absolute atomic E-state index is 0.0231. The predicted octanol–water partition coefficient (Wildman–Crippen LogP) is 3.06. The molecule has 1 N–H and O–H groups in total. The lowest BCUT2D eigenvalue weighted by molar-refractivity contribution is -0.384. The molecule has 1 fully saturated rings. The van der Waals surface area contributed by atoms with Crippen molar-refractivity contribution in [3.63, 3.8) is 0 Å². The maximum absolute atomic E-state index is 10.9. The number of halogens is 1. The Hall–Kier alpha value is -0.820. The molecule has 1 saturated heterocycles. The molecule has 0 aliphatic carbocycles. The van der Waals surface area contributed by atoms with Crippen LogP contribution in [0.3, 0.4) is 0 Å². The van der Waals surface area contributed by atoms with E-state index in [0.29, 0.717) is 10.3 Å². The number of hydrogen-bond acceptors (Lipinski definition) is 5. The molecule has 1 aliphatic rings. The van der Waals surface area contributed by atoms with Gasteiger partial charge in [0.05, 0.1) is 4.92 Å². The van der Waals surface area contributed by atoms with E-state index in [-0.39, 0.29) is 11.7 Å². The molecule has 5 nitrogen and oxygen atoms in total. The van der Waals surface area contributed by atoms with Crippen LogP contribution in [0.15, 0.2) is 16.7 Å². The van der Waals surface area contributed by atoms with Crippen LogP contribution in [-0.2, 0) is 0 Å². The van der Waals surface area contributed by atoms with Gasteiger partial charge in [-0.25, -0.2) is 4.98 Å². The third kappa shape index (κ3) is 3.32. The van der Waals surface area contributed by atoms with E-state index in [1.165, 1.54) is 11.8 Å². The van der Waals surface area contributed by atoms with Gasteiger partial charge in [-0.15, -0.1) is 0 Å². The predicted molar refractivity (Wildman–Crippen MR) is 72.6 cm³/mol. The van der Waals surface area contributed by atoms with Crippen molar-refractivity contribution in [2.45, 2.75) is 18.9 Å². The number of hydrogen-bond donors (Lipinski definition) is 1. The second kappa shape index (κ2) is 5.68. The topological polar surface area (TPSA) is 68.1 Å². The van der Waals surface area contributed by atoms with Gasteiger partial charge in [0, 0.05) is 28.5 Å². The molecule has 17 heavy (non-hydrogen) atoms. The standard InChI is InChI=1S/C10H12BrN3O2S/c11-7-4-9(14(15)16)10(12-5-7)13-8-2-1-3-17-6-8/h4-5,8H,1-3,6H2,(H,12,13). The van der Waals surface area contributed by atoms with Crippen LogP contribution >= 0.6 is 27.7 Å². The first kappa shape index (κ1) is 12.6. The van der Waals surface area contributed by atoms with E-state index < -0.39 is 4.92 Å². The highest BCUT2D eigenvalue weighted by molar-refractivity contribution is 9.10. The quantitative estimate of drug-likeness (QED) is 0.685. The van der Waals surface area contributed by atoms with Gasteiger partial charge in [0.25, 0.3) is 0 Å². The SMILES string of the molecule is O=[N+]([O-])c1cc(Br)cnc1NC1CCCSC1. The van der Waals surface area contributed by atoms with Gasteiger partial charge >= 0.3 is 5.69 Å². The lowest BCUT2D eigenvalue weighted by Crippen LogP contribution is -2.26. The highest BCUT2D eigenvalue weighted by atomic mass is 79.9. The van der Waals surface area contributed by atoms with Gasteiger partial charge in [-0.1, -0.05) is 0 Å². The molecule has 0 bridgehead atoms. The van der Waals surface area contributed by atoms with Gasteiger partial charge < -0.3 is 5.32 Å². The van der Waals surface area contributed by atoms with E-state index in [1.54, 1.807) is 6.20 Å². The van der Waals surface area contributed by atoms with Gasteiger partial charge in [0.15, 0.2) is 0 Å².